The van der Waals surface area contributed by atoms with Crippen molar-refractivity contribution in [2.75, 3.05) is 6.61 Å². The third-order valence-electron chi connectivity index (χ3n) is 2.83. The topological polar surface area (TPSA) is 49.3 Å². The predicted octanol–water partition coefficient (Wildman–Crippen LogP) is 0.823. The molecule has 2 atom stereocenters. The van der Waals surface area contributed by atoms with Gasteiger partial charge in [0.05, 0.1) is 12.5 Å². The quantitative estimate of drug-likeness (QED) is 0.767. The van der Waals surface area contributed by atoms with E-state index in [1.165, 1.54) is 5.56 Å². The smallest absolute Gasteiger partial charge is 0.228 e. The van der Waals surface area contributed by atoms with Gasteiger partial charge in [0.25, 0.3) is 0 Å². The van der Waals surface area contributed by atoms with Crippen molar-refractivity contribution in [2.45, 2.75) is 25.3 Å². The summed E-state index contributed by atoms with van der Waals surface area (Å²) >= 11 is 0. The molecule has 0 fully saturated rings. The summed E-state index contributed by atoms with van der Waals surface area (Å²) in [5.74, 6) is 0.00505. The lowest BCUT2D eigenvalue weighted by Gasteiger charge is -2.29. The van der Waals surface area contributed by atoms with Crippen LogP contribution in [0.5, 0.6) is 0 Å². The number of aliphatic hydroxyl groups is 1. The molecule has 1 aliphatic carbocycles. The Balaban J connectivity index is 2.01. The molecule has 0 radical (unpaired) electrons. The van der Waals surface area contributed by atoms with E-state index in [9.17, 15) is 4.79 Å². The van der Waals surface area contributed by atoms with Crippen LogP contribution >= 0.6 is 0 Å². The van der Waals surface area contributed by atoms with Crippen molar-refractivity contribution in [1.29, 1.82) is 0 Å². The summed E-state index contributed by atoms with van der Waals surface area (Å²) in [6.45, 7) is 1.78. The molecule has 0 aliphatic heterocycles. The van der Waals surface area contributed by atoms with Gasteiger partial charge in [-0.2, -0.15) is 0 Å². The zero-order chi connectivity index (χ0) is 10.8. The second kappa shape index (κ2) is 4.03. The molecule has 0 bridgehead atoms. The van der Waals surface area contributed by atoms with Crippen LogP contribution in [-0.2, 0) is 11.2 Å². The third kappa shape index (κ3) is 1.88. The van der Waals surface area contributed by atoms with Gasteiger partial charge in [-0.25, -0.2) is 0 Å². The van der Waals surface area contributed by atoms with Crippen LogP contribution in [0.3, 0.4) is 0 Å². The van der Waals surface area contributed by atoms with Crippen LogP contribution in [0.25, 0.3) is 0 Å². The van der Waals surface area contributed by atoms with Crippen molar-refractivity contribution in [3.05, 3.63) is 35.4 Å². The summed E-state index contributed by atoms with van der Waals surface area (Å²) in [5, 5.41) is 11.6. The Morgan fingerprint density at radius 1 is 1.60 bits per heavy atom. The van der Waals surface area contributed by atoms with E-state index in [0.29, 0.717) is 0 Å². The number of aliphatic hydroxyl groups excluding tert-OH is 1. The molecule has 15 heavy (non-hydrogen) atoms. The number of rotatable bonds is 3. The summed E-state index contributed by atoms with van der Waals surface area (Å²) in [7, 11) is 0. The minimum atomic E-state index is -0.162. The fourth-order valence-electron chi connectivity index (χ4n) is 1.88. The average Bonchev–Trinajstić information content (AvgIpc) is 2.19. The Bertz CT molecular complexity index is 376. The second-order valence-electron chi connectivity index (χ2n) is 4.05. The molecular weight excluding hydrogens is 190 g/mol. The minimum absolute atomic E-state index is 0.0138. The summed E-state index contributed by atoms with van der Waals surface area (Å²) in [6, 6.07) is 7.82. The molecule has 1 aromatic carbocycles. The highest BCUT2D eigenvalue weighted by Gasteiger charge is 2.31. The molecule has 0 heterocycles. The van der Waals surface area contributed by atoms with Crippen molar-refractivity contribution in [1.82, 2.24) is 5.32 Å². The maximum Gasteiger partial charge on any atom is 0.228 e. The Kier molecular flexibility index (Phi) is 2.73. The Labute approximate surface area is 89.1 Å². The predicted molar refractivity (Wildman–Crippen MR) is 57.6 cm³/mol. The molecule has 80 valence electrons. The lowest BCUT2D eigenvalue weighted by Crippen LogP contribution is -2.41. The first-order valence-corrected chi connectivity index (χ1v) is 5.21. The zero-order valence-electron chi connectivity index (χ0n) is 8.73. The fourth-order valence-corrected chi connectivity index (χ4v) is 1.88. The third-order valence-corrected chi connectivity index (χ3v) is 2.83. The molecule has 1 amide bonds. The highest BCUT2D eigenvalue weighted by molar-refractivity contribution is 5.87. The molecule has 1 aliphatic rings. The van der Waals surface area contributed by atoms with Crippen molar-refractivity contribution in [3.8, 4) is 0 Å². The van der Waals surface area contributed by atoms with Crippen LogP contribution in [-0.4, -0.2) is 23.7 Å². The van der Waals surface area contributed by atoms with Crippen molar-refractivity contribution >= 4 is 5.91 Å². The fraction of sp³-hybridized carbons (Fsp3) is 0.417. The maximum absolute atomic E-state index is 11.7. The molecule has 0 spiro atoms. The largest absolute Gasteiger partial charge is 0.394 e. The average molecular weight is 205 g/mol. The van der Waals surface area contributed by atoms with Gasteiger partial charge in [-0.3, -0.25) is 4.79 Å². The van der Waals surface area contributed by atoms with E-state index < -0.39 is 0 Å². The van der Waals surface area contributed by atoms with Gasteiger partial charge in [-0.15, -0.1) is 0 Å². The zero-order valence-corrected chi connectivity index (χ0v) is 8.73. The number of hydrogen-bond donors (Lipinski definition) is 2. The van der Waals surface area contributed by atoms with E-state index in [-0.39, 0.29) is 24.5 Å². The Hall–Kier alpha value is -1.35. The highest BCUT2D eigenvalue weighted by Crippen LogP contribution is 2.34. The first-order chi connectivity index (χ1) is 7.22. The first-order valence-electron chi connectivity index (χ1n) is 5.21. The van der Waals surface area contributed by atoms with Crippen LogP contribution < -0.4 is 5.32 Å². The number of nitrogens with one attached hydrogen (secondary N) is 1. The molecule has 2 rings (SSSR count). The van der Waals surface area contributed by atoms with Crippen LogP contribution in [0.1, 0.15) is 24.0 Å². The molecule has 3 nitrogen and oxygen atoms in total. The highest BCUT2D eigenvalue weighted by atomic mass is 16.3. The van der Waals surface area contributed by atoms with Crippen LogP contribution in [0.2, 0.25) is 0 Å². The number of amides is 1. The van der Waals surface area contributed by atoms with Gasteiger partial charge in [-0.1, -0.05) is 24.3 Å². The molecule has 1 aromatic rings. The SMILES string of the molecule is CC(CO)NC(=O)C1Cc2ccccc21. The number of carbonyl (C=O) groups excluding carboxylic acids is 1. The number of carbonyl (C=O) groups is 1. The molecular formula is C12H15NO2. The number of benzene rings is 1. The van der Waals surface area contributed by atoms with Gasteiger partial charge in [-0.05, 0) is 24.5 Å². The van der Waals surface area contributed by atoms with Crippen molar-refractivity contribution in [3.63, 3.8) is 0 Å². The lowest BCUT2D eigenvalue weighted by molar-refractivity contribution is -0.124. The van der Waals surface area contributed by atoms with Gasteiger partial charge in [0, 0.05) is 6.04 Å². The van der Waals surface area contributed by atoms with Crippen molar-refractivity contribution < 1.29 is 9.90 Å². The molecule has 3 heteroatoms. The Morgan fingerprint density at radius 2 is 2.33 bits per heavy atom. The summed E-state index contributed by atoms with van der Waals surface area (Å²) in [4.78, 5) is 11.7. The van der Waals surface area contributed by atoms with Crippen molar-refractivity contribution in [2.24, 2.45) is 0 Å². The summed E-state index contributed by atoms with van der Waals surface area (Å²) in [6.07, 6.45) is 0.820. The molecule has 2 unspecified atom stereocenters. The Morgan fingerprint density at radius 3 is 3.00 bits per heavy atom. The van der Waals surface area contributed by atoms with Gasteiger partial charge in [0.15, 0.2) is 0 Å². The lowest BCUT2D eigenvalue weighted by atomic mass is 9.77. The van der Waals surface area contributed by atoms with E-state index in [0.717, 1.165) is 12.0 Å². The van der Waals surface area contributed by atoms with Crippen LogP contribution in [0.4, 0.5) is 0 Å². The maximum atomic E-state index is 11.7. The number of fused-ring (bicyclic) bond motifs is 1. The van der Waals surface area contributed by atoms with Gasteiger partial charge in [0.1, 0.15) is 0 Å². The van der Waals surface area contributed by atoms with E-state index in [1.54, 1.807) is 6.92 Å². The monoisotopic (exact) mass is 205 g/mol. The second-order valence-corrected chi connectivity index (χ2v) is 4.05. The number of hydrogen-bond acceptors (Lipinski definition) is 2. The van der Waals surface area contributed by atoms with Gasteiger partial charge >= 0.3 is 0 Å². The molecule has 2 N–H and O–H groups in total. The molecule has 0 aromatic heterocycles. The molecule has 0 saturated heterocycles. The van der Waals surface area contributed by atoms with E-state index >= 15 is 0 Å². The van der Waals surface area contributed by atoms with Gasteiger partial charge in [0.2, 0.25) is 5.91 Å². The van der Waals surface area contributed by atoms with E-state index in [2.05, 4.69) is 11.4 Å². The minimum Gasteiger partial charge on any atom is -0.394 e. The van der Waals surface area contributed by atoms with Crippen LogP contribution in [0, 0.1) is 0 Å². The van der Waals surface area contributed by atoms with E-state index in [4.69, 9.17) is 5.11 Å². The summed E-state index contributed by atoms with van der Waals surface area (Å²) in [5.41, 5.74) is 2.38. The molecule has 0 saturated carbocycles. The van der Waals surface area contributed by atoms with Gasteiger partial charge < -0.3 is 10.4 Å². The van der Waals surface area contributed by atoms with Crippen LogP contribution in [0.15, 0.2) is 24.3 Å². The normalized spacial score (nSPS) is 20.0. The van der Waals surface area contributed by atoms with E-state index in [1.807, 2.05) is 18.2 Å². The standard InChI is InChI=1S/C12H15NO2/c1-8(7-14)13-12(15)11-6-9-4-2-3-5-10(9)11/h2-5,8,11,14H,6-7H2,1H3,(H,13,15). The summed E-state index contributed by atoms with van der Waals surface area (Å²) < 4.78 is 0. The first kappa shape index (κ1) is 10.2.